The zero-order valence-corrected chi connectivity index (χ0v) is 7.49. The molecule has 0 spiro atoms. The lowest BCUT2D eigenvalue weighted by molar-refractivity contribution is 0.549. The van der Waals surface area contributed by atoms with Gasteiger partial charge in [0.15, 0.2) is 0 Å². The molecule has 0 bridgehead atoms. The SMILES string of the molecule is CC(N)CCn1ccc(=O)[nH]c1=O. The van der Waals surface area contributed by atoms with Gasteiger partial charge in [-0.25, -0.2) is 4.79 Å². The van der Waals surface area contributed by atoms with Crippen LogP contribution in [0, 0.1) is 0 Å². The van der Waals surface area contributed by atoms with Crippen molar-refractivity contribution in [1.29, 1.82) is 0 Å². The minimum atomic E-state index is -0.381. The third kappa shape index (κ3) is 2.87. The highest BCUT2D eigenvalue weighted by Crippen LogP contribution is 1.88. The second kappa shape index (κ2) is 4.04. The van der Waals surface area contributed by atoms with Crippen molar-refractivity contribution in [2.75, 3.05) is 0 Å². The monoisotopic (exact) mass is 183 g/mol. The summed E-state index contributed by atoms with van der Waals surface area (Å²) in [5.41, 5.74) is 4.78. The topological polar surface area (TPSA) is 80.9 Å². The maximum absolute atomic E-state index is 11.1. The lowest BCUT2D eigenvalue weighted by Crippen LogP contribution is -2.30. The molecular weight excluding hydrogens is 170 g/mol. The lowest BCUT2D eigenvalue weighted by Gasteiger charge is -2.06. The first kappa shape index (κ1) is 9.73. The Labute approximate surface area is 75.2 Å². The number of nitrogens with one attached hydrogen (secondary N) is 1. The first-order valence-corrected chi connectivity index (χ1v) is 4.15. The van der Waals surface area contributed by atoms with Crippen molar-refractivity contribution in [2.45, 2.75) is 25.9 Å². The molecule has 1 unspecified atom stereocenters. The average Bonchev–Trinajstić information content (AvgIpc) is 2.02. The van der Waals surface area contributed by atoms with E-state index < -0.39 is 0 Å². The maximum Gasteiger partial charge on any atom is 0.328 e. The van der Waals surface area contributed by atoms with Gasteiger partial charge >= 0.3 is 5.69 Å². The fourth-order valence-corrected chi connectivity index (χ4v) is 0.963. The molecule has 1 aromatic heterocycles. The first-order valence-electron chi connectivity index (χ1n) is 4.15. The van der Waals surface area contributed by atoms with Gasteiger partial charge in [0.05, 0.1) is 0 Å². The Morgan fingerprint density at radius 3 is 2.85 bits per heavy atom. The Morgan fingerprint density at radius 1 is 1.62 bits per heavy atom. The molecule has 1 heterocycles. The number of aromatic amines is 1. The number of hydrogen-bond acceptors (Lipinski definition) is 3. The molecule has 1 atom stereocenters. The Kier molecular flexibility index (Phi) is 3.02. The highest BCUT2D eigenvalue weighted by Gasteiger charge is 1.98. The van der Waals surface area contributed by atoms with Gasteiger partial charge < -0.3 is 10.3 Å². The van der Waals surface area contributed by atoms with E-state index in [2.05, 4.69) is 4.98 Å². The number of hydrogen-bond donors (Lipinski definition) is 2. The molecule has 0 fully saturated rings. The summed E-state index contributed by atoms with van der Waals surface area (Å²) < 4.78 is 1.44. The second-order valence-corrected chi connectivity index (χ2v) is 3.07. The van der Waals surface area contributed by atoms with Crippen LogP contribution in [0.4, 0.5) is 0 Å². The smallest absolute Gasteiger partial charge is 0.328 e. The van der Waals surface area contributed by atoms with Gasteiger partial charge in [0.1, 0.15) is 0 Å². The Hall–Kier alpha value is -1.36. The fraction of sp³-hybridized carbons (Fsp3) is 0.500. The molecular formula is C8H13N3O2. The van der Waals surface area contributed by atoms with Crippen LogP contribution in [-0.2, 0) is 6.54 Å². The summed E-state index contributed by atoms with van der Waals surface area (Å²) >= 11 is 0. The number of aromatic nitrogens is 2. The van der Waals surface area contributed by atoms with Gasteiger partial charge in [-0.15, -0.1) is 0 Å². The molecule has 1 aromatic rings. The first-order chi connectivity index (χ1) is 6.09. The highest BCUT2D eigenvalue weighted by atomic mass is 16.2. The third-order valence-electron chi connectivity index (χ3n) is 1.72. The van der Waals surface area contributed by atoms with E-state index in [0.717, 1.165) is 0 Å². The summed E-state index contributed by atoms with van der Waals surface area (Å²) in [7, 11) is 0. The van der Waals surface area contributed by atoms with Crippen molar-refractivity contribution < 1.29 is 0 Å². The number of aryl methyl sites for hydroxylation is 1. The lowest BCUT2D eigenvalue weighted by atomic mass is 10.2. The average molecular weight is 183 g/mol. The summed E-state index contributed by atoms with van der Waals surface area (Å²) in [6.45, 7) is 2.41. The van der Waals surface area contributed by atoms with E-state index in [4.69, 9.17) is 5.73 Å². The minimum Gasteiger partial charge on any atom is -0.328 e. The van der Waals surface area contributed by atoms with Crippen molar-refractivity contribution in [3.63, 3.8) is 0 Å². The molecule has 0 aliphatic carbocycles. The van der Waals surface area contributed by atoms with Crippen LogP contribution in [-0.4, -0.2) is 15.6 Å². The van der Waals surface area contributed by atoms with Crippen molar-refractivity contribution >= 4 is 0 Å². The molecule has 0 radical (unpaired) electrons. The van der Waals surface area contributed by atoms with Gasteiger partial charge in [-0.05, 0) is 13.3 Å². The van der Waals surface area contributed by atoms with Gasteiger partial charge in [0.25, 0.3) is 5.56 Å². The van der Waals surface area contributed by atoms with Crippen LogP contribution in [0.25, 0.3) is 0 Å². The molecule has 0 aliphatic heterocycles. The summed E-state index contributed by atoms with van der Waals surface area (Å²) in [6, 6.07) is 1.38. The standard InChI is InChI=1S/C8H13N3O2/c1-6(9)2-4-11-5-3-7(12)10-8(11)13/h3,5-6H,2,4,9H2,1H3,(H,10,12,13). The van der Waals surface area contributed by atoms with Crippen molar-refractivity contribution in [3.8, 4) is 0 Å². The van der Waals surface area contributed by atoms with Crippen LogP contribution in [0.2, 0.25) is 0 Å². The molecule has 72 valence electrons. The van der Waals surface area contributed by atoms with Crippen molar-refractivity contribution in [1.82, 2.24) is 9.55 Å². The van der Waals surface area contributed by atoms with Gasteiger partial charge in [-0.2, -0.15) is 0 Å². The van der Waals surface area contributed by atoms with E-state index >= 15 is 0 Å². The van der Waals surface area contributed by atoms with Crippen LogP contribution in [0.15, 0.2) is 21.9 Å². The van der Waals surface area contributed by atoms with E-state index in [1.807, 2.05) is 6.92 Å². The number of H-pyrrole nitrogens is 1. The van der Waals surface area contributed by atoms with Crippen molar-refractivity contribution in [2.24, 2.45) is 5.73 Å². The van der Waals surface area contributed by atoms with Gasteiger partial charge in [-0.1, -0.05) is 0 Å². The van der Waals surface area contributed by atoms with E-state index in [1.165, 1.54) is 16.8 Å². The summed E-state index contributed by atoms with van der Waals surface area (Å²) in [4.78, 5) is 24.0. The molecule has 1 rings (SSSR count). The molecule has 0 aromatic carbocycles. The van der Waals surface area contributed by atoms with Crippen LogP contribution in [0.3, 0.4) is 0 Å². The predicted octanol–water partition coefficient (Wildman–Crippen LogP) is -0.726. The van der Waals surface area contributed by atoms with Crippen molar-refractivity contribution in [3.05, 3.63) is 33.1 Å². The Balaban J connectivity index is 2.79. The predicted molar refractivity (Wildman–Crippen MR) is 49.6 cm³/mol. The van der Waals surface area contributed by atoms with Gasteiger partial charge in [-0.3, -0.25) is 9.78 Å². The van der Waals surface area contributed by atoms with E-state index in [1.54, 1.807) is 0 Å². The largest absolute Gasteiger partial charge is 0.328 e. The second-order valence-electron chi connectivity index (χ2n) is 3.07. The summed E-state index contributed by atoms with van der Waals surface area (Å²) in [6.07, 6.45) is 2.19. The quantitative estimate of drug-likeness (QED) is 0.648. The fourth-order valence-electron chi connectivity index (χ4n) is 0.963. The minimum absolute atomic E-state index is 0.0545. The van der Waals surface area contributed by atoms with Crippen LogP contribution in [0.1, 0.15) is 13.3 Å². The Bertz CT molecular complexity index is 377. The molecule has 0 aliphatic rings. The van der Waals surface area contributed by atoms with Crippen LogP contribution in [0.5, 0.6) is 0 Å². The van der Waals surface area contributed by atoms with Gasteiger partial charge in [0, 0.05) is 24.8 Å². The van der Waals surface area contributed by atoms with E-state index in [0.29, 0.717) is 13.0 Å². The van der Waals surface area contributed by atoms with E-state index in [9.17, 15) is 9.59 Å². The zero-order valence-electron chi connectivity index (χ0n) is 7.49. The zero-order chi connectivity index (χ0) is 9.84. The number of nitrogens with zero attached hydrogens (tertiary/aromatic N) is 1. The normalized spacial score (nSPS) is 12.8. The summed E-state index contributed by atoms with van der Waals surface area (Å²) in [5, 5.41) is 0. The molecule has 0 saturated carbocycles. The van der Waals surface area contributed by atoms with Crippen LogP contribution < -0.4 is 17.0 Å². The van der Waals surface area contributed by atoms with Gasteiger partial charge in [0.2, 0.25) is 0 Å². The molecule has 13 heavy (non-hydrogen) atoms. The Morgan fingerprint density at radius 2 is 2.31 bits per heavy atom. The molecule has 5 heteroatoms. The maximum atomic E-state index is 11.1. The van der Waals surface area contributed by atoms with Crippen LogP contribution >= 0.6 is 0 Å². The highest BCUT2D eigenvalue weighted by molar-refractivity contribution is 4.82. The molecule has 0 amide bonds. The third-order valence-corrected chi connectivity index (χ3v) is 1.72. The summed E-state index contributed by atoms with van der Waals surface area (Å²) in [5.74, 6) is 0. The number of nitrogens with two attached hydrogens (primary N) is 1. The molecule has 5 nitrogen and oxygen atoms in total. The molecule has 3 N–H and O–H groups in total. The van der Waals surface area contributed by atoms with E-state index in [-0.39, 0.29) is 17.3 Å². The molecule has 0 saturated heterocycles. The number of rotatable bonds is 3.